The molecule has 0 aliphatic carbocycles. The minimum absolute atomic E-state index is 0.0183. The molecular formula is C19H20ClFN2O3. The number of benzene rings is 2. The minimum atomic E-state index is -0.577. The van der Waals surface area contributed by atoms with Crippen molar-refractivity contribution in [1.29, 1.82) is 0 Å². The standard InChI is InChI=1S/C19H20ClFN2O3/c1-26-17-8-6-13(12-15(17)20)7-9-18(24)22-10-11-23-19(25)14-4-2-3-5-16(14)21/h2-6,8,12H,7,9-11H2,1H3,(H,22,24)(H,23,25). The highest BCUT2D eigenvalue weighted by Crippen LogP contribution is 2.25. The Balaban J connectivity index is 1.68. The summed E-state index contributed by atoms with van der Waals surface area (Å²) in [5.41, 5.74) is 0.911. The monoisotopic (exact) mass is 378 g/mol. The van der Waals surface area contributed by atoms with Gasteiger partial charge in [0.25, 0.3) is 5.91 Å². The van der Waals surface area contributed by atoms with Crippen LogP contribution in [-0.4, -0.2) is 32.0 Å². The summed E-state index contributed by atoms with van der Waals surface area (Å²) in [5.74, 6) is -0.639. The minimum Gasteiger partial charge on any atom is -0.495 e. The predicted molar refractivity (Wildman–Crippen MR) is 98.1 cm³/mol. The van der Waals surface area contributed by atoms with Crippen molar-refractivity contribution in [1.82, 2.24) is 10.6 Å². The molecule has 0 fully saturated rings. The molecule has 5 nitrogen and oxygen atoms in total. The highest BCUT2D eigenvalue weighted by molar-refractivity contribution is 6.32. The second kappa shape index (κ2) is 9.77. The number of ether oxygens (including phenoxy) is 1. The third-order valence-electron chi connectivity index (χ3n) is 3.71. The molecule has 0 saturated heterocycles. The van der Waals surface area contributed by atoms with Crippen molar-refractivity contribution >= 4 is 23.4 Å². The molecule has 7 heteroatoms. The zero-order chi connectivity index (χ0) is 18.9. The number of amides is 2. The fourth-order valence-corrected chi connectivity index (χ4v) is 2.61. The summed E-state index contributed by atoms with van der Waals surface area (Å²) in [4.78, 5) is 23.7. The molecular weight excluding hydrogens is 359 g/mol. The highest BCUT2D eigenvalue weighted by atomic mass is 35.5. The molecule has 0 atom stereocenters. The van der Waals surface area contributed by atoms with Gasteiger partial charge in [-0.1, -0.05) is 29.8 Å². The molecule has 0 heterocycles. The predicted octanol–water partition coefficient (Wildman–Crippen LogP) is 2.97. The van der Waals surface area contributed by atoms with Crippen molar-refractivity contribution in [3.63, 3.8) is 0 Å². The second-order valence-corrected chi connectivity index (χ2v) is 5.96. The number of methoxy groups -OCH3 is 1. The summed E-state index contributed by atoms with van der Waals surface area (Å²) in [6.07, 6.45) is 0.834. The first-order valence-electron chi connectivity index (χ1n) is 8.13. The SMILES string of the molecule is COc1ccc(CCC(=O)NCCNC(=O)c2ccccc2F)cc1Cl. The molecule has 0 aliphatic rings. The van der Waals surface area contributed by atoms with E-state index in [-0.39, 0.29) is 24.6 Å². The Kier molecular flexibility index (Phi) is 7.41. The number of hydrogen-bond donors (Lipinski definition) is 2. The van der Waals surface area contributed by atoms with E-state index in [1.807, 2.05) is 6.07 Å². The number of nitrogens with one attached hydrogen (secondary N) is 2. The molecule has 2 amide bonds. The van der Waals surface area contributed by atoms with E-state index >= 15 is 0 Å². The Morgan fingerprint density at radius 2 is 1.85 bits per heavy atom. The van der Waals surface area contributed by atoms with Gasteiger partial charge in [0.15, 0.2) is 0 Å². The van der Waals surface area contributed by atoms with Crippen LogP contribution in [-0.2, 0) is 11.2 Å². The molecule has 2 aromatic carbocycles. The van der Waals surface area contributed by atoms with Gasteiger partial charge < -0.3 is 15.4 Å². The lowest BCUT2D eigenvalue weighted by molar-refractivity contribution is -0.121. The van der Waals surface area contributed by atoms with Crippen molar-refractivity contribution in [2.45, 2.75) is 12.8 Å². The number of hydrogen-bond acceptors (Lipinski definition) is 3. The van der Waals surface area contributed by atoms with E-state index in [9.17, 15) is 14.0 Å². The Bertz CT molecular complexity index is 783. The van der Waals surface area contributed by atoms with E-state index < -0.39 is 11.7 Å². The van der Waals surface area contributed by atoms with Gasteiger partial charge in [-0.2, -0.15) is 0 Å². The molecule has 2 rings (SSSR count). The fourth-order valence-electron chi connectivity index (χ4n) is 2.33. The number of halogens is 2. The summed E-state index contributed by atoms with van der Waals surface area (Å²) in [7, 11) is 1.54. The van der Waals surface area contributed by atoms with Crippen LogP contribution in [0.5, 0.6) is 5.75 Å². The van der Waals surface area contributed by atoms with Crippen LogP contribution in [0.4, 0.5) is 4.39 Å². The van der Waals surface area contributed by atoms with Crippen LogP contribution >= 0.6 is 11.6 Å². The quantitative estimate of drug-likeness (QED) is 0.694. The van der Waals surface area contributed by atoms with Crippen LogP contribution < -0.4 is 15.4 Å². The lowest BCUT2D eigenvalue weighted by atomic mass is 10.1. The molecule has 0 saturated carbocycles. The smallest absolute Gasteiger partial charge is 0.254 e. The molecule has 138 valence electrons. The first-order valence-corrected chi connectivity index (χ1v) is 8.51. The third kappa shape index (κ3) is 5.74. The Labute approximate surface area is 156 Å². The van der Waals surface area contributed by atoms with Crippen LogP contribution in [0.15, 0.2) is 42.5 Å². The molecule has 0 unspecified atom stereocenters. The van der Waals surface area contributed by atoms with Gasteiger partial charge in [0.1, 0.15) is 11.6 Å². The van der Waals surface area contributed by atoms with Gasteiger partial charge in [0.2, 0.25) is 5.91 Å². The summed E-state index contributed by atoms with van der Waals surface area (Å²) in [6.45, 7) is 0.482. The second-order valence-electron chi connectivity index (χ2n) is 5.55. The van der Waals surface area contributed by atoms with Gasteiger partial charge >= 0.3 is 0 Å². The van der Waals surface area contributed by atoms with Gasteiger partial charge in [-0.25, -0.2) is 4.39 Å². The van der Waals surface area contributed by atoms with Crippen LogP contribution in [0.1, 0.15) is 22.3 Å². The molecule has 0 spiro atoms. The lowest BCUT2D eigenvalue weighted by Gasteiger charge is -2.08. The summed E-state index contributed by atoms with van der Waals surface area (Å²) < 4.78 is 18.5. The van der Waals surface area contributed by atoms with E-state index in [0.717, 1.165) is 5.56 Å². The zero-order valence-corrected chi connectivity index (χ0v) is 15.1. The van der Waals surface area contributed by atoms with Gasteiger partial charge in [0, 0.05) is 19.5 Å². The number of rotatable bonds is 8. The Morgan fingerprint density at radius 3 is 2.54 bits per heavy atom. The number of aryl methyl sites for hydroxylation is 1. The maximum absolute atomic E-state index is 13.5. The zero-order valence-electron chi connectivity index (χ0n) is 14.4. The first kappa shape index (κ1) is 19.7. The van der Waals surface area contributed by atoms with Crippen molar-refractivity contribution in [2.24, 2.45) is 0 Å². The summed E-state index contributed by atoms with van der Waals surface area (Å²) in [5, 5.41) is 5.77. The topological polar surface area (TPSA) is 67.4 Å². The van der Waals surface area contributed by atoms with Crippen LogP contribution in [0.2, 0.25) is 5.02 Å². The number of carbonyl (C=O) groups is 2. The average molecular weight is 379 g/mol. The lowest BCUT2D eigenvalue weighted by Crippen LogP contribution is -2.35. The first-order chi connectivity index (χ1) is 12.5. The molecule has 0 aliphatic heterocycles. The van der Waals surface area contributed by atoms with Gasteiger partial charge in [-0.3, -0.25) is 9.59 Å². The highest BCUT2D eigenvalue weighted by Gasteiger charge is 2.10. The van der Waals surface area contributed by atoms with Gasteiger partial charge in [-0.05, 0) is 36.2 Å². The Morgan fingerprint density at radius 1 is 1.12 bits per heavy atom. The van der Waals surface area contributed by atoms with Crippen LogP contribution in [0, 0.1) is 5.82 Å². The van der Waals surface area contributed by atoms with Crippen LogP contribution in [0.3, 0.4) is 0 Å². The molecule has 2 aromatic rings. The Hall–Kier alpha value is -2.60. The third-order valence-corrected chi connectivity index (χ3v) is 4.00. The summed E-state index contributed by atoms with van der Waals surface area (Å²) >= 11 is 6.05. The molecule has 26 heavy (non-hydrogen) atoms. The number of carbonyl (C=O) groups excluding carboxylic acids is 2. The van der Waals surface area contributed by atoms with E-state index in [1.165, 1.54) is 18.2 Å². The van der Waals surface area contributed by atoms with Gasteiger partial charge in [0.05, 0.1) is 17.7 Å². The summed E-state index contributed by atoms with van der Waals surface area (Å²) in [6, 6.07) is 11.1. The molecule has 0 radical (unpaired) electrons. The van der Waals surface area contributed by atoms with Gasteiger partial charge in [-0.15, -0.1) is 0 Å². The molecule has 0 aromatic heterocycles. The fraction of sp³-hybridized carbons (Fsp3) is 0.263. The van der Waals surface area contributed by atoms with Crippen molar-refractivity contribution in [3.8, 4) is 5.75 Å². The van der Waals surface area contributed by atoms with E-state index in [2.05, 4.69) is 10.6 Å². The van der Waals surface area contributed by atoms with E-state index in [0.29, 0.717) is 23.6 Å². The van der Waals surface area contributed by atoms with Crippen LogP contribution in [0.25, 0.3) is 0 Å². The largest absolute Gasteiger partial charge is 0.495 e. The van der Waals surface area contributed by atoms with E-state index in [4.69, 9.17) is 16.3 Å². The molecule has 2 N–H and O–H groups in total. The van der Waals surface area contributed by atoms with Crippen molar-refractivity contribution < 1.29 is 18.7 Å². The average Bonchev–Trinajstić information content (AvgIpc) is 2.64. The maximum Gasteiger partial charge on any atom is 0.254 e. The van der Waals surface area contributed by atoms with Crippen molar-refractivity contribution in [2.75, 3.05) is 20.2 Å². The normalized spacial score (nSPS) is 10.3. The van der Waals surface area contributed by atoms with Crippen molar-refractivity contribution in [3.05, 3.63) is 64.4 Å². The maximum atomic E-state index is 13.5. The molecule has 0 bridgehead atoms. The van der Waals surface area contributed by atoms with E-state index in [1.54, 1.807) is 25.3 Å².